The van der Waals surface area contributed by atoms with Gasteiger partial charge in [0.25, 0.3) is 5.91 Å². The molecule has 0 saturated heterocycles. The molecule has 29 heavy (non-hydrogen) atoms. The lowest BCUT2D eigenvalue weighted by Gasteiger charge is -2.11. The van der Waals surface area contributed by atoms with E-state index in [2.05, 4.69) is 15.6 Å². The third kappa shape index (κ3) is 6.32. The number of nitrogens with one attached hydrogen (secondary N) is 2. The fourth-order valence-corrected chi connectivity index (χ4v) is 2.85. The molecule has 1 aromatic carbocycles. The molecule has 1 amide bonds. The van der Waals surface area contributed by atoms with Crippen LogP contribution >= 0.6 is 0 Å². The third-order valence-corrected chi connectivity index (χ3v) is 4.69. The van der Waals surface area contributed by atoms with Crippen molar-refractivity contribution in [3.8, 4) is 5.75 Å². The first-order valence-electron chi connectivity index (χ1n) is 8.28. The van der Waals surface area contributed by atoms with Gasteiger partial charge >= 0.3 is 6.18 Å². The van der Waals surface area contributed by atoms with Crippen LogP contribution in [0.5, 0.6) is 5.75 Å². The zero-order valence-corrected chi connectivity index (χ0v) is 16.1. The smallest absolute Gasteiger partial charge is 0.417 e. The lowest BCUT2D eigenvalue weighted by Crippen LogP contribution is -2.26. The predicted molar refractivity (Wildman–Crippen MR) is 99.0 cm³/mol. The number of aromatic nitrogens is 1. The zero-order valence-electron chi connectivity index (χ0n) is 15.3. The average Bonchev–Trinajstić information content (AvgIpc) is 2.66. The summed E-state index contributed by atoms with van der Waals surface area (Å²) in [6.07, 6.45) is -3.28. The van der Waals surface area contributed by atoms with E-state index in [9.17, 15) is 26.4 Å². The van der Waals surface area contributed by atoms with Gasteiger partial charge in [-0.2, -0.15) is 13.2 Å². The zero-order chi connectivity index (χ0) is 21.7. The summed E-state index contributed by atoms with van der Waals surface area (Å²) in [5.41, 5.74) is -0.831. The Kier molecular flexibility index (Phi) is 7.03. The number of primary sulfonamides is 1. The molecule has 0 spiro atoms. The van der Waals surface area contributed by atoms with E-state index in [-0.39, 0.29) is 28.6 Å². The lowest BCUT2D eigenvalue weighted by molar-refractivity contribution is -0.137. The maximum Gasteiger partial charge on any atom is 0.417 e. The molecule has 12 heteroatoms. The number of alkyl halides is 3. The highest BCUT2D eigenvalue weighted by molar-refractivity contribution is 7.89. The number of ether oxygens (including phenoxy) is 1. The van der Waals surface area contributed by atoms with Gasteiger partial charge < -0.3 is 15.4 Å². The van der Waals surface area contributed by atoms with Crippen molar-refractivity contribution in [1.82, 2.24) is 10.3 Å². The van der Waals surface area contributed by atoms with Crippen molar-refractivity contribution in [2.45, 2.75) is 17.5 Å². The van der Waals surface area contributed by atoms with Gasteiger partial charge in [-0.1, -0.05) is 0 Å². The van der Waals surface area contributed by atoms with Gasteiger partial charge in [0.15, 0.2) is 0 Å². The second kappa shape index (κ2) is 9.09. The molecule has 1 aromatic heterocycles. The Labute approximate surface area is 165 Å². The lowest BCUT2D eigenvalue weighted by atomic mass is 10.2. The van der Waals surface area contributed by atoms with Crippen LogP contribution in [0.15, 0.2) is 41.4 Å². The molecule has 0 aliphatic carbocycles. The van der Waals surface area contributed by atoms with Gasteiger partial charge in [0.1, 0.15) is 11.6 Å². The van der Waals surface area contributed by atoms with Gasteiger partial charge in [-0.05, 0) is 36.8 Å². The molecule has 0 unspecified atom stereocenters. The number of carbonyl (C=O) groups is 1. The average molecular weight is 432 g/mol. The first-order valence-corrected chi connectivity index (χ1v) is 9.83. The van der Waals surface area contributed by atoms with Gasteiger partial charge in [-0.3, -0.25) is 4.79 Å². The number of methoxy groups -OCH3 is 1. The van der Waals surface area contributed by atoms with Crippen LogP contribution in [0.25, 0.3) is 0 Å². The molecule has 0 fully saturated rings. The number of sulfonamides is 1. The highest BCUT2D eigenvalue weighted by atomic mass is 32.2. The predicted octanol–water partition coefficient (Wildman–Crippen LogP) is 1.99. The van der Waals surface area contributed by atoms with Crippen molar-refractivity contribution in [3.63, 3.8) is 0 Å². The standard InChI is InChI=1S/C17H19F3N4O4S/c1-28-14-5-4-12(29(21,26)27)9-13(14)16(25)23-8-2-7-22-15-6-3-11(10-24-15)17(18,19)20/h3-6,9-10H,2,7-8H2,1H3,(H,22,24)(H,23,25)(H2,21,26,27). The molecule has 2 aromatic rings. The highest BCUT2D eigenvalue weighted by Gasteiger charge is 2.30. The Bertz CT molecular complexity index is 964. The van der Waals surface area contributed by atoms with Crippen LogP contribution in [0, 0.1) is 0 Å². The number of amides is 1. The van der Waals surface area contributed by atoms with E-state index in [1.54, 1.807) is 0 Å². The van der Waals surface area contributed by atoms with E-state index < -0.39 is 27.7 Å². The Morgan fingerprint density at radius 1 is 1.21 bits per heavy atom. The monoisotopic (exact) mass is 432 g/mol. The van der Waals surface area contributed by atoms with Crippen LogP contribution in [0.3, 0.4) is 0 Å². The van der Waals surface area contributed by atoms with Crippen LogP contribution in [-0.2, 0) is 16.2 Å². The van der Waals surface area contributed by atoms with Crippen molar-refractivity contribution in [2.75, 3.05) is 25.5 Å². The molecule has 0 saturated carbocycles. The van der Waals surface area contributed by atoms with Crippen molar-refractivity contribution >= 4 is 21.7 Å². The number of nitrogens with zero attached hydrogens (tertiary/aromatic N) is 1. The Morgan fingerprint density at radius 3 is 2.48 bits per heavy atom. The van der Waals surface area contributed by atoms with Crippen LogP contribution in [0.2, 0.25) is 0 Å². The van der Waals surface area contributed by atoms with E-state index in [1.165, 1.54) is 25.3 Å². The van der Waals surface area contributed by atoms with E-state index in [0.29, 0.717) is 13.0 Å². The normalized spacial score (nSPS) is 11.8. The SMILES string of the molecule is COc1ccc(S(N)(=O)=O)cc1C(=O)NCCCNc1ccc(C(F)(F)F)cn1. The molecule has 8 nitrogen and oxygen atoms in total. The Balaban J connectivity index is 1.87. The van der Waals surface area contributed by atoms with E-state index in [4.69, 9.17) is 9.88 Å². The summed E-state index contributed by atoms with van der Waals surface area (Å²) in [5.74, 6) is -0.103. The summed E-state index contributed by atoms with van der Waals surface area (Å²) in [5, 5.41) is 10.5. The van der Waals surface area contributed by atoms with Crippen LogP contribution in [0.1, 0.15) is 22.3 Å². The maximum atomic E-state index is 12.5. The van der Waals surface area contributed by atoms with Gasteiger partial charge in [-0.25, -0.2) is 18.5 Å². The summed E-state index contributed by atoms with van der Waals surface area (Å²) in [4.78, 5) is 15.8. The van der Waals surface area contributed by atoms with Crippen molar-refractivity contribution < 1.29 is 31.1 Å². The molecule has 0 bridgehead atoms. The van der Waals surface area contributed by atoms with Gasteiger partial charge in [0, 0.05) is 19.3 Å². The highest BCUT2D eigenvalue weighted by Crippen LogP contribution is 2.28. The summed E-state index contributed by atoms with van der Waals surface area (Å²) in [6, 6.07) is 5.80. The molecule has 1 heterocycles. The maximum absolute atomic E-state index is 12.5. The minimum absolute atomic E-state index is 0.0105. The Hall–Kier alpha value is -2.86. The quantitative estimate of drug-likeness (QED) is 0.548. The number of anilines is 1. The number of nitrogens with two attached hydrogens (primary N) is 1. The largest absolute Gasteiger partial charge is 0.496 e. The minimum atomic E-state index is -4.45. The summed E-state index contributed by atoms with van der Waals surface area (Å²) in [7, 11) is -2.64. The van der Waals surface area contributed by atoms with Gasteiger partial charge in [0.05, 0.1) is 23.1 Å². The van der Waals surface area contributed by atoms with E-state index in [1.807, 2.05) is 0 Å². The summed E-state index contributed by atoms with van der Waals surface area (Å²) < 4.78 is 65.4. The number of carbonyl (C=O) groups excluding carboxylic acids is 1. The third-order valence-electron chi connectivity index (χ3n) is 3.78. The molecular formula is C17H19F3N4O4S. The van der Waals surface area contributed by atoms with E-state index in [0.717, 1.165) is 18.3 Å². The number of hydrogen-bond acceptors (Lipinski definition) is 6. The van der Waals surface area contributed by atoms with E-state index >= 15 is 0 Å². The molecule has 0 aliphatic heterocycles. The van der Waals surface area contributed by atoms with Crippen molar-refractivity contribution in [1.29, 1.82) is 0 Å². The van der Waals surface area contributed by atoms with Crippen molar-refractivity contribution in [3.05, 3.63) is 47.7 Å². The molecule has 0 atom stereocenters. The topological polar surface area (TPSA) is 123 Å². The molecule has 0 radical (unpaired) electrons. The molecule has 4 N–H and O–H groups in total. The first kappa shape index (κ1) is 22.4. The molecule has 158 valence electrons. The number of benzene rings is 1. The van der Waals surface area contributed by atoms with Crippen LogP contribution in [0.4, 0.5) is 19.0 Å². The number of hydrogen-bond donors (Lipinski definition) is 3. The van der Waals surface area contributed by atoms with Crippen LogP contribution in [-0.4, -0.2) is 39.5 Å². The van der Waals surface area contributed by atoms with Gasteiger partial charge in [0.2, 0.25) is 10.0 Å². The summed E-state index contributed by atoms with van der Waals surface area (Å²) in [6.45, 7) is 0.558. The fraction of sp³-hybridized carbons (Fsp3) is 0.294. The van der Waals surface area contributed by atoms with Gasteiger partial charge in [-0.15, -0.1) is 0 Å². The van der Waals surface area contributed by atoms with Crippen molar-refractivity contribution in [2.24, 2.45) is 5.14 Å². The minimum Gasteiger partial charge on any atom is -0.496 e. The Morgan fingerprint density at radius 2 is 1.93 bits per heavy atom. The summed E-state index contributed by atoms with van der Waals surface area (Å²) >= 11 is 0. The molecule has 2 rings (SSSR count). The molecular weight excluding hydrogens is 413 g/mol. The number of halogens is 3. The fourth-order valence-electron chi connectivity index (χ4n) is 2.31. The number of pyridine rings is 1. The van der Waals surface area contributed by atoms with Crippen LogP contribution < -0.4 is 20.5 Å². The second-order valence-corrected chi connectivity index (χ2v) is 7.43. The first-order chi connectivity index (χ1) is 13.5. The number of rotatable bonds is 8. The molecule has 0 aliphatic rings. The second-order valence-electron chi connectivity index (χ2n) is 5.87.